The molecule has 134 valence electrons. The second kappa shape index (κ2) is 5.96. The summed E-state index contributed by atoms with van der Waals surface area (Å²) < 4.78 is 31.8. The molecule has 0 atom stereocenters. The molecule has 2 aromatic carbocycles. The van der Waals surface area contributed by atoms with Crippen molar-refractivity contribution in [2.24, 2.45) is 0 Å². The van der Waals surface area contributed by atoms with Crippen molar-refractivity contribution in [1.82, 2.24) is 4.72 Å². The van der Waals surface area contributed by atoms with E-state index in [9.17, 15) is 13.2 Å². The molecule has 0 radical (unpaired) electrons. The average molecular weight is 370 g/mol. The second-order valence-corrected chi connectivity index (χ2v) is 8.13. The van der Waals surface area contributed by atoms with Gasteiger partial charge in [-0.15, -0.1) is 0 Å². The van der Waals surface area contributed by atoms with Crippen molar-refractivity contribution in [3.05, 3.63) is 53.1 Å². The fourth-order valence-corrected chi connectivity index (χ4v) is 4.34. The first kappa shape index (κ1) is 16.8. The number of aryl methyl sites for hydroxylation is 1. The molecule has 1 aliphatic carbocycles. The number of anilines is 1. The third kappa shape index (κ3) is 2.51. The van der Waals surface area contributed by atoms with Crippen LogP contribution in [0.4, 0.5) is 5.69 Å². The molecule has 0 saturated carbocycles. The van der Waals surface area contributed by atoms with Gasteiger partial charge < -0.3 is 10.1 Å². The third-order valence-electron chi connectivity index (χ3n) is 4.90. The highest BCUT2D eigenvalue weighted by Gasteiger charge is 2.32. The Bertz CT molecular complexity index is 1070. The van der Waals surface area contributed by atoms with Gasteiger partial charge in [-0.05, 0) is 66.9 Å². The predicted molar refractivity (Wildman–Crippen MR) is 99.4 cm³/mol. The number of carbonyl (C=O) groups is 1. The molecule has 0 bridgehead atoms. The quantitative estimate of drug-likeness (QED) is 0.813. The number of hydrogen-bond acceptors (Lipinski definition) is 4. The number of hydrogen-bond donors (Lipinski definition) is 2. The second-order valence-electron chi connectivity index (χ2n) is 6.25. The SMILES string of the molecule is CNS(=O)(=O)c1ccc2c(c1)/C(=C1\CCc3cc(OC)ccc31)C(=O)N2. The molecule has 26 heavy (non-hydrogen) atoms. The summed E-state index contributed by atoms with van der Waals surface area (Å²) in [5, 5.41) is 2.84. The molecule has 0 spiro atoms. The van der Waals surface area contributed by atoms with E-state index in [-0.39, 0.29) is 10.8 Å². The Morgan fingerprint density at radius 2 is 1.88 bits per heavy atom. The molecule has 7 heteroatoms. The van der Waals surface area contributed by atoms with E-state index < -0.39 is 10.0 Å². The Balaban J connectivity index is 1.90. The monoisotopic (exact) mass is 370 g/mol. The van der Waals surface area contributed by atoms with Gasteiger partial charge in [-0.3, -0.25) is 4.79 Å². The van der Waals surface area contributed by atoms with Crippen LogP contribution >= 0.6 is 0 Å². The number of rotatable bonds is 3. The van der Waals surface area contributed by atoms with E-state index in [0.717, 1.165) is 35.3 Å². The lowest BCUT2D eigenvalue weighted by Gasteiger charge is -2.08. The summed E-state index contributed by atoms with van der Waals surface area (Å²) in [5.74, 6) is 0.589. The van der Waals surface area contributed by atoms with E-state index in [0.29, 0.717) is 16.8 Å². The van der Waals surface area contributed by atoms with Gasteiger partial charge in [0.2, 0.25) is 10.0 Å². The van der Waals surface area contributed by atoms with Gasteiger partial charge in [0.25, 0.3) is 5.91 Å². The molecular formula is C19H18N2O4S. The van der Waals surface area contributed by atoms with Gasteiger partial charge in [0, 0.05) is 11.3 Å². The minimum atomic E-state index is -3.58. The highest BCUT2D eigenvalue weighted by Crippen LogP contribution is 2.44. The predicted octanol–water partition coefficient (Wildman–Crippen LogP) is 2.41. The van der Waals surface area contributed by atoms with Gasteiger partial charge in [-0.1, -0.05) is 6.07 Å². The molecule has 1 aliphatic heterocycles. The van der Waals surface area contributed by atoms with Crippen LogP contribution in [0.25, 0.3) is 11.1 Å². The Hall–Kier alpha value is -2.64. The zero-order chi connectivity index (χ0) is 18.5. The Kier molecular flexibility index (Phi) is 3.86. The minimum absolute atomic E-state index is 0.140. The number of ether oxygens (including phenoxy) is 1. The zero-order valence-electron chi connectivity index (χ0n) is 14.4. The van der Waals surface area contributed by atoms with Crippen LogP contribution in [0.1, 0.15) is 23.1 Å². The van der Waals surface area contributed by atoms with Crippen molar-refractivity contribution in [2.75, 3.05) is 19.5 Å². The Labute approximate surface area is 151 Å². The van der Waals surface area contributed by atoms with Gasteiger partial charge in [-0.25, -0.2) is 13.1 Å². The highest BCUT2D eigenvalue weighted by atomic mass is 32.2. The summed E-state index contributed by atoms with van der Waals surface area (Å²) >= 11 is 0. The Morgan fingerprint density at radius 3 is 2.62 bits per heavy atom. The van der Waals surface area contributed by atoms with Crippen LogP contribution in [-0.2, 0) is 21.2 Å². The summed E-state index contributed by atoms with van der Waals surface area (Å²) in [6.45, 7) is 0. The summed E-state index contributed by atoms with van der Waals surface area (Å²) in [4.78, 5) is 12.8. The van der Waals surface area contributed by atoms with Crippen molar-refractivity contribution in [3.8, 4) is 5.75 Å². The largest absolute Gasteiger partial charge is 0.497 e. The summed E-state index contributed by atoms with van der Waals surface area (Å²) in [6, 6.07) is 10.5. The first-order valence-corrected chi connectivity index (χ1v) is 9.72. The summed E-state index contributed by atoms with van der Waals surface area (Å²) in [5.41, 5.74) is 4.91. The topological polar surface area (TPSA) is 84.5 Å². The molecule has 6 nitrogen and oxygen atoms in total. The van der Waals surface area contributed by atoms with Crippen LogP contribution in [0.15, 0.2) is 41.3 Å². The van der Waals surface area contributed by atoms with E-state index >= 15 is 0 Å². The first-order valence-electron chi connectivity index (χ1n) is 8.24. The Morgan fingerprint density at radius 1 is 1.08 bits per heavy atom. The molecule has 4 rings (SSSR count). The lowest BCUT2D eigenvalue weighted by molar-refractivity contribution is -0.110. The van der Waals surface area contributed by atoms with Crippen LogP contribution < -0.4 is 14.8 Å². The lowest BCUT2D eigenvalue weighted by Crippen LogP contribution is -2.18. The average Bonchev–Trinajstić information content (AvgIpc) is 3.19. The maximum atomic E-state index is 12.6. The molecule has 1 amide bonds. The van der Waals surface area contributed by atoms with E-state index in [2.05, 4.69) is 10.0 Å². The van der Waals surface area contributed by atoms with Gasteiger partial charge in [0.1, 0.15) is 5.75 Å². The molecule has 1 heterocycles. The first-order chi connectivity index (χ1) is 12.4. The molecule has 2 N–H and O–H groups in total. The van der Waals surface area contributed by atoms with E-state index in [1.807, 2.05) is 18.2 Å². The van der Waals surface area contributed by atoms with Crippen molar-refractivity contribution in [2.45, 2.75) is 17.7 Å². The summed E-state index contributed by atoms with van der Waals surface area (Å²) in [7, 11) is -0.589. The number of allylic oxidation sites excluding steroid dienone is 1. The maximum Gasteiger partial charge on any atom is 0.256 e. The molecule has 0 saturated heterocycles. The van der Waals surface area contributed by atoms with Crippen LogP contribution in [-0.4, -0.2) is 28.5 Å². The normalized spacial score (nSPS) is 18.5. The van der Waals surface area contributed by atoms with Gasteiger partial charge in [0.15, 0.2) is 0 Å². The van der Waals surface area contributed by atoms with Crippen molar-refractivity contribution in [3.63, 3.8) is 0 Å². The number of fused-ring (bicyclic) bond motifs is 2. The molecule has 0 aromatic heterocycles. The standard InChI is InChI=1S/C19H18N2O4S/c1-20-26(23,24)13-5-8-17-16(10-13)18(19(22)21-17)15-6-3-11-9-12(25-2)4-7-14(11)15/h4-5,7-10,20H,3,6H2,1-2H3,(H,21,22)/b18-15-. The van der Waals surface area contributed by atoms with E-state index in [4.69, 9.17) is 4.74 Å². The van der Waals surface area contributed by atoms with Crippen LogP contribution in [0.5, 0.6) is 5.75 Å². The summed E-state index contributed by atoms with van der Waals surface area (Å²) in [6.07, 6.45) is 1.55. The van der Waals surface area contributed by atoms with Crippen LogP contribution in [0, 0.1) is 0 Å². The van der Waals surface area contributed by atoms with Gasteiger partial charge in [0.05, 0.1) is 17.6 Å². The van der Waals surface area contributed by atoms with Crippen molar-refractivity contribution >= 4 is 32.8 Å². The van der Waals surface area contributed by atoms with E-state index in [1.165, 1.54) is 13.1 Å². The molecule has 0 unspecified atom stereocenters. The van der Waals surface area contributed by atoms with Crippen LogP contribution in [0.2, 0.25) is 0 Å². The number of benzene rings is 2. The fraction of sp³-hybridized carbons (Fsp3) is 0.211. The number of amides is 1. The number of methoxy groups -OCH3 is 1. The van der Waals surface area contributed by atoms with Gasteiger partial charge >= 0.3 is 0 Å². The smallest absolute Gasteiger partial charge is 0.256 e. The lowest BCUT2D eigenvalue weighted by atomic mass is 9.96. The van der Waals surface area contributed by atoms with Crippen molar-refractivity contribution < 1.29 is 17.9 Å². The molecular weight excluding hydrogens is 352 g/mol. The van der Waals surface area contributed by atoms with Crippen molar-refractivity contribution in [1.29, 1.82) is 0 Å². The highest BCUT2D eigenvalue weighted by molar-refractivity contribution is 7.89. The molecule has 2 aliphatic rings. The minimum Gasteiger partial charge on any atom is -0.497 e. The molecule has 2 aromatic rings. The number of carbonyl (C=O) groups excluding carboxylic acids is 1. The number of nitrogens with one attached hydrogen (secondary N) is 2. The molecule has 0 fully saturated rings. The fourth-order valence-electron chi connectivity index (χ4n) is 3.58. The number of sulfonamides is 1. The zero-order valence-corrected chi connectivity index (χ0v) is 15.2. The maximum absolute atomic E-state index is 12.6. The van der Waals surface area contributed by atoms with Gasteiger partial charge in [-0.2, -0.15) is 0 Å². The van der Waals surface area contributed by atoms with Crippen LogP contribution in [0.3, 0.4) is 0 Å². The van der Waals surface area contributed by atoms with E-state index in [1.54, 1.807) is 19.2 Å². The third-order valence-corrected chi connectivity index (χ3v) is 6.31.